The van der Waals surface area contributed by atoms with E-state index in [4.69, 9.17) is 5.11 Å². The molecule has 0 aliphatic carbocycles. The molecule has 0 unspecified atom stereocenters. The lowest BCUT2D eigenvalue weighted by atomic mass is 9.92. The van der Waals surface area contributed by atoms with E-state index in [9.17, 15) is 33.0 Å². The Morgan fingerprint density at radius 1 is 1.22 bits per heavy atom. The van der Waals surface area contributed by atoms with Gasteiger partial charge in [0, 0.05) is 6.54 Å². The van der Waals surface area contributed by atoms with Gasteiger partial charge in [-0.3, -0.25) is 14.9 Å². The summed E-state index contributed by atoms with van der Waals surface area (Å²) in [7, 11) is 0. The van der Waals surface area contributed by atoms with Crippen LogP contribution in [-0.4, -0.2) is 58.3 Å². The first-order chi connectivity index (χ1) is 8.14. The van der Waals surface area contributed by atoms with Gasteiger partial charge in [-0.25, -0.2) is 0 Å². The van der Waals surface area contributed by atoms with Crippen LogP contribution in [0.3, 0.4) is 0 Å². The minimum Gasteiger partial charge on any atom is -0.481 e. The van der Waals surface area contributed by atoms with E-state index in [0.717, 1.165) is 0 Å². The van der Waals surface area contributed by atoms with Crippen molar-refractivity contribution in [2.75, 3.05) is 6.54 Å². The summed E-state index contributed by atoms with van der Waals surface area (Å²) in [6.07, 6.45) is -10.3. The summed E-state index contributed by atoms with van der Waals surface area (Å²) in [5.74, 6) is -5.06. The second kappa shape index (κ2) is 5.08. The van der Waals surface area contributed by atoms with Crippen molar-refractivity contribution in [2.24, 2.45) is 5.92 Å². The van der Waals surface area contributed by atoms with Crippen LogP contribution in [0.15, 0.2) is 0 Å². The molecule has 1 aliphatic rings. The van der Waals surface area contributed by atoms with Crippen molar-refractivity contribution in [3.8, 4) is 0 Å². The van der Waals surface area contributed by atoms with E-state index in [1.54, 1.807) is 0 Å². The molecule has 1 rings (SSSR count). The number of hydrogen-bond donors (Lipinski definition) is 5. The lowest BCUT2D eigenvalue weighted by molar-refractivity contribution is -0.177. The quantitative estimate of drug-likeness (QED) is 0.397. The first kappa shape index (κ1) is 14.7. The maximum absolute atomic E-state index is 12.0. The van der Waals surface area contributed by atoms with Gasteiger partial charge in [0.2, 0.25) is 0 Å². The molecule has 7 nitrogen and oxygen atoms in total. The van der Waals surface area contributed by atoms with E-state index in [0.29, 0.717) is 0 Å². The van der Waals surface area contributed by atoms with Crippen molar-refractivity contribution < 1.29 is 38.1 Å². The molecule has 0 bridgehead atoms. The summed E-state index contributed by atoms with van der Waals surface area (Å²) < 4.78 is 35.9. The third kappa shape index (κ3) is 3.09. The Balaban J connectivity index is 2.67. The van der Waals surface area contributed by atoms with Crippen molar-refractivity contribution in [2.45, 2.75) is 24.6 Å². The molecule has 104 valence electrons. The predicted octanol–water partition coefficient (Wildman–Crippen LogP) is -1.98. The van der Waals surface area contributed by atoms with Crippen LogP contribution < -0.4 is 10.6 Å². The molecule has 4 atom stereocenters. The highest BCUT2D eigenvalue weighted by Gasteiger charge is 2.45. The number of aliphatic carboxylic acids is 1. The second-order valence-corrected chi connectivity index (χ2v) is 3.78. The average molecular weight is 272 g/mol. The van der Waals surface area contributed by atoms with Crippen molar-refractivity contribution in [3.63, 3.8) is 0 Å². The summed E-state index contributed by atoms with van der Waals surface area (Å²) >= 11 is 0. The third-order valence-corrected chi connectivity index (χ3v) is 2.52. The Morgan fingerprint density at radius 2 is 1.78 bits per heavy atom. The molecule has 0 aromatic carbocycles. The van der Waals surface area contributed by atoms with Crippen molar-refractivity contribution in [3.05, 3.63) is 0 Å². The van der Waals surface area contributed by atoms with Crippen LogP contribution in [0.2, 0.25) is 0 Å². The molecule has 0 spiro atoms. The number of nitrogens with one attached hydrogen (secondary N) is 2. The van der Waals surface area contributed by atoms with Gasteiger partial charge in [-0.2, -0.15) is 13.2 Å². The number of rotatable bonds is 2. The van der Waals surface area contributed by atoms with Gasteiger partial charge < -0.3 is 20.6 Å². The highest BCUT2D eigenvalue weighted by molar-refractivity contribution is 5.82. The first-order valence-corrected chi connectivity index (χ1v) is 4.84. The van der Waals surface area contributed by atoms with E-state index in [-0.39, 0.29) is 6.54 Å². The zero-order chi connectivity index (χ0) is 14.1. The minimum atomic E-state index is -5.13. The number of hydrogen-bond acceptors (Lipinski definition) is 5. The molecule has 1 heterocycles. The zero-order valence-electron chi connectivity index (χ0n) is 8.81. The van der Waals surface area contributed by atoms with Gasteiger partial charge in [0.05, 0.1) is 12.0 Å². The highest BCUT2D eigenvalue weighted by Crippen LogP contribution is 2.18. The van der Waals surface area contributed by atoms with Gasteiger partial charge in [0.25, 0.3) is 0 Å². The third-order valence-electron chi connectivity index (χ3n) is 2.52. The van der Waals surface area contributed by atoms with Crippen LogP contribution in [0.1, 0.15) is 0 Å². The van der Waals surface area contributed by atoms with E-state index in [1.807, 2.05) is 0 Å². The Bertz CT molecular complexity index is 348. The number of alkyl halides is 3. The number of halogens is 3. The molecule has 0 saturated carbocycles. The van der Waals surface area contributed by atoms with E-state index < -0.39 is 42.3 Å². The molecule has 1 aliphatic heterocycles. The average Bonchev–Trinajstić information content (AvgIpc) is 2.22. The first-order valence-electron chi connectivity index (χ1n) is 4.84. The van der Waals surface area contributed by atoms with Crippen LogP contribution in [0.25, 0.3) is 0 Å². The Hall–Kier alpha value is -1.39. The summed E-state index contributed by atoms with van der Waals surface area (Å²) in [5.41, 5.74) is 0. The molecule has 5 N–H and O–H groups in total. The van der Waals surface area contributed by atoms with E-state index in [2.05, 4.69) is 5.32 Å². The lowest BCUT2D eigenvalue weighted by Gasteiger charge is -2.36. The van der Waals surface area contributed by atoms with Gasteiger partial charge in [-0.1, -0.05) is 0 Å². The number of carboxylic acid groups (broad SMARTS) is 1. The van der Waals surface area contributed by atoms with Crippen molar-refractivity contribution in [1.82, 2.24) is 10.6 Å². The fourth-order valence-electron chi connectivity index (χ4n) is 1.52. The largest absolute Gasteiger partial charge is 0.481 e. The molecule has 1 saturated heterocycles. The van der Waals surface area contributed by atoms with Gasteiger partial charge in [-0.15, -0.1) is 0 Å². The fraction of sp³-hybridized carbons (Fsp3) is 0.750. The molecule has 1 fully saturated rings. The minimum absolute atomic E-state index is 0.379. The summed E-state index contributed by atoms with van der Waals surface area (Å²) in [6, 6.07) is 0. The smallest absolute Gasteiger partial charge is 0.471 e. The molecule has 10 heteroatoms. The highest BCUT2D eigenvalue weighted by atomic mass is 19.4. The van der Waals surface area contributed by atoms with Crippen LogP contribution >= 0.6 is 0 Å². The molecule has 0 aromatic heterocycles. The van der Waals surface area contributed by atoms with Crippen molar-refractivity contribution >= 4 is 11.9 Å². The molecular weight excluding hydrogens is 261 g/mol. The molecular formula is C8H11F3N2O5. The number of carbonyl (C=O) groups excluding carboxylic acids is 1. The number of aliphatic hydroxyl groups is 2. The lowest BCUT2D eigenvalue weighted by Crippen LogP contribution is -2.66. The zero-order valence-corrected chi connectivity index (χ0v) is 8.81. The Morgan fingerprint density at radius 3 is 2.22 bits per heavy atom. The Labute approximate surface area is 98.6 Å². The monoisotopic (exact) mass is 272 g/mol. The predicted molar refractivity (Wildman–Crippen MR) is 49.1 cm³/mol. The number of aliphatic hydroxyl groups excluding tert-OH is 2. The molecule has 0 radical (unpaired) electrons. The topological polar surface area (TPSA) is 119 Å². The van der Waals surface area contributed by atoms with Crippen molar-refractivity contribution in [1.29, 1.82) is 0 Å². The van der Waals surface area contributed by atoms with E-state index in [1.165, 1.54) is 5.32 Å². The summed E-state index contributed by atoms with van der Waals surface area (Å²) in [4.78, 5) is 21.2. The maximum atomic E-state index is 12.0. The van der Waals surface area contributed by atoms with Crippen LogP contribution in [0, 0.1) is 5.92 Å². The number of carbonyl (C=O) groups is 2. The van der Waals surface area contributed by atoms with Crippen LogP contribution in [0.4, 0.5) is 13.2 Å². The molecule has 0 aromatic rings. The summed E-state index contributed by atoms with van der Waals surface area (Å²) in [5, 5.41) is 31.1. The number of amides is 1. The van der Waals surface area contributed by atoms with Gasteiger partial charge >= 0.3 is 18.1 Å². The normalized spacial score (nSPS) is 32.9. The van der Waals surface area contributed by atoms with Crippen LogP contribution in [-0.2, 0) is 9.59 Å². The van der Waals surface area contributed by atoms with Crippen LogP contribution in [0.5, 0.6) is 0 Å². The number of piperidine rings is 1. The molecule has 1 amide bonds. The second-order valence-electron chi connectivity index (χ2n) is 3.78. The fourth-order valence-corrected chi connectivity index (χ4v) is 1.52. The number of carboxylic acids is 1. The van der Waals surface area contributed by atoms with E-state index >= 15 is 0 Å². The van der Waals surface area contributed by atoms with Gasteiger partial charge in [0.15, 0.2) is 0 Å². The maximum Gasteiger partial charge on any atom is 0.471 e. The summed E-state index contributed by atoms with van der Waals surface area (Å²) in [6.45, 7) is -0.379. The van der Waals surface area contributed by atoms with Gasteiger partial charge in [0.1, 0.15) is 12.3 Å². The Kier molecular flexibility index (Phi) is 4.14. The molecule has 18 heavy (non-hydrogen) atoms. The SMILES string of the molecule is O=C(O)[C@@H]1CN[C@H](NC(=O)C(F)(F)F)[C@@H](O)[C@@H]1O. The standard InChI is InChI=1S/C8H11F3N2O5/c9-8(10,11)7(18)13-5-4(15)3(14)2(1-12-5)6(16)17/h2-5,12,14-15H,1H2,(H,13,18)(H,16,17)/t2-,3-,4+,5-/m1/s1. The van der Waals surface area contributed by atoms with Gasteiger partial charge in [-0.05, 0) is 0 Å².